The fraction of sp³-hybridized carbons (Fsp3) is 0. The first kappa shape index (κ1) is 6.54. The molecule has 0 radical (unpaired) electrons. The van der Waals surface area contributed by atoms with Crippen LogP contribution < -0.4 is 0 Å². The highest BCUT2D eigenvalue weighted by Gasteiger charge is 1.91. The smallest absolute Gasteiger partial charge is 0.141 e. The van der Waals surface area contributed by atoms with Crippen molar-refractivity contribution in [2.24, 2.45) is 0 Å². The molecule has 0 aromatic rings. The second-order valence-electron chi connectivity index (χ2n) is 0.705. The van der Waals surface area contributed by atoms with Gasteiger partial charge in [0, 0.05) is 0 Å². The van der Waals surface area contributed by atoms with Gasteiger partial charge in [-0.2, -0.15) is 0 Å². The van der Waals surface area contributed by atoms with Gasteiger partial charge in [0.25, 0.3) is 0 Å². The quantitative estimate of drug-likeness (QED) is 0.459. The first-order chi connectivity index (χ1) is 2.77. The molecule has 0 spiro atoms. The number of halogens is 2. The van der Waals surface area contributed by atoms with Gasteiger partial charge in [-0.25, -0.2) is 0 Å². The van der Waals surface area contributed by atoms with Gasteiger partial charge < -0.3 is 0 Å². The van der Waals surface area contributed by atoms with E-state index in [1.54, 1.807) is 5.98 Å². The molecule has 0 fully saturated rings. The van der Waals surface area contributed by atoms with Crippen LogP contribution in [-0.4, -0.2) is 4.36 Å². The fourth-order valence-electron chi connectivity index (χ4n) is 0.0891. The van der Waals surface area contributed by atoms with E-state index in [4.69, 9.17) is 0 Å². The Morgan fingerprint density at radius 3 is 2.17 bits per heavy atom. The van der Waals surface area contributed by atoms with E-state index in [2.05, 4.69) is 43.8 Å². The molecule has 3 heteroatoms. The van der Waals surface area contributed by atoms with Gasteiger partial charge in [0.2, 0.25) is 0 Å². The Balaban J connectivity index is 3.29. The van der Waals surface area contributed by atoms with Crippen molar-refractivity contribution in [1.29, 1.82) is 0 Å². The number of hydrogen-bond acceptors (Lipinski definition) is 0. The molecular formula is C3H3BBr2. The van der Waals surface area contributed by atoms with E-state index < -0.39 is 0 Å². The first-order valence-corrected chi connectivity index (χ1v) is 3.24. The van der Waals surface area contributed by atoms with Gasteiger partial charge in [0.05, 0.1) is 0 Å². The standard InChI is InChI=1S/C3H3BBr2/c1-2-3-4(5)6/h3H,1H2. The monoisotopic (exact) mass is 208 g/mol. The van der Waals surface area contributed by atoms with E-state index >= 15 is 0 Å². The SMILES string of the molecule is C=C=CB(Br)Br. The van der Waals surface area contributed by atoms with Gasteiger partial charge >= 0.3 is 4.36 Å². The summed E-state index contributed by atoms with van der Waals surface area (Å²) in [7, 11) is 0. The van der Waals surface area contributed by atoms with Crippen molar-refractivity contribution in [3.05, 3.63) is 18.3 Å². The van der Waals surface area contributed by atoms with Crippen molar-refractivity contribution in [2.45, 2.75) is 0 Å². The third-order valence-electron chi connectivity index (χ3n) is 0.244. The molecule has 0 aliphatic heterocycles. The number of rotatable bonds is 1. The Kier molecular flexibility index (Phi) is 4.06. The lowest BCUT2D eigenvalue weighted by molar-refractivity contribution is 2.41. The summed E-state index contributed by atoms with van der Waals surface area (Å²) in [6.07, 6.45) is 0. The Labute approximate surface area is 54.3 Å². The molecule has 32 valence electrons. The zero-order valence-electron chi connectivity index (χ0n) is 3.12. The molecule has 0 heterocycles. The Morgan fingerprint density at radius 1 is 1.67 bits per heavy atom. The normalized spacial score (nSPS) is 6.33. The minimum atomic E-state index is 0.225. The molecule has 0 bridgehead atoms. The molecule has 0 saturated heterocycles. The Bertz CT molecular complexity index is 72.9. The summed E-state index contributed by atoms with van der Waals surface area (Å²) < 4.78 is 0.225. The largest absolute Gasteiger partial charge is 0.330 e. The van der Waals surface area contributed by atoms with E-state index in [0.717, 1.165) is 0 Å². The van der Waals surface area contributed by atoms with E-state index in [0.29, 0.717) is 0 Å². The average Bonchev–Trinajstić information content (AvgIpc) is 1.35. The lowest BCUT2D eigenvalue weighted by Crippen LogP contribution is -1.76. The summed E-state index contributed by atoms with van der Waals surface area (Å²) in [4.78, 5) is 0. The minimum absolute atomic E-state index is 0.225. The maximum Gasteiger partial charge on any atom is 0.330 e. The van der Waals surface area contributed by atoms with Crippen LogP contribution in [0.3, 0.4) is 0 Å². The van der Waals surface area contributed by atoms with E-state index in [-0.39, 0.29) is 4.36 Å². The van der Waals surface area contributed by atoms with Crippen LogP contribution >= 0.6 is 31.5 Å². The topological polar surface area (TPSA) is 0 Å². The third-order valence-corrected chi connectivity index (χ3v) is 0.773. The summed E-state index contributed by atoms with van der Waals surface area (Å²) >= 11 is 6.39. The molecule has 0 nitrogen and oxygen atoms in total. The van der Waals surface area contributed by atoms with Crippen LogP contribution in [-0.2, 0) is 0 Å². The molecule has 0 saturated carbocycles. The van der Waals surface area contributed by atoms with Gasteiger partial charge in [-0.1, -0.05) is 6.58 Å². The lowest BCUT2D eigenvalue weighted by atomic mass is 10.1. The van der Waals surface area contributed by atoms with Crippen LogP contribution in [0, 0.1) is 0 Å². The molecule has 0 aromatic carbocycles. The Hall–Kier alpha value is 0.545. The molecule has 0 N–H and O–H groups in total. The zero-order valence-corrected chi connectivity index (χ0v) is 6.29. The molecule has 0 amide bonds. The summed E-state index contributed by atoms with van der Waals surface area (Å²) in [5.74, 6) is 1.76. The van der Waals surface area contributed by atoms with Crippen LogP contribution in [0.1, 0.15) is 0 Å². The highest BCUT2D eigenvalue weighted by Crippen LogP contribution is 2.00. The summed E-state index contributed by atoms with van der Waals surface area (Å²) in [5, 5.41) is 0. The van der Waals surface area contributed by atoms with Crippen LogP contribution in [0.2, 0.25) is 0 Å². The van der Waals surface area contributed by atoms with E-state index in [9.17, 15) is 0 Å². The van der Waals surface area contributed by atoms with Crippen LogP contribution in [0.5, 0.6) is 0 Å². The summed E-state index contributed by atoms with van der Waals surface area (Å²) in [6, 6.07) is 0. The van der Waals surface area contributed by atoms with Crippen molar-refractivity contribution in [1.82, 2.24) is 0 Å². The van der Waals surface area contributed by atoms with E-state index in [1.807, 2.05) is 0 Å². The van der Waals surface area contributed by atoms with Crippen molar-refractivity contribution in [3.8, 4) is 0 Å². The molecule has 0 rings (SSSR count). The fourth-order valence-corrected chi connectivity index (χ4v) is 0.463. The molecule has 0 aliphatic carbocycles. The van der Waals surface area contributed by atoms with Crippen LogP contribution in [0.15, 0.2) is 18.3 Å². The highest BCUT2D eigenvalue weighted by molar-refractivity contribution is 9.49. The predicted molar refractivity (Wildman–Crippen MR) is 37.3 cm³/mol. The van der Waals surface area contributed by atoms with Gasteiger partial charge in [0.15, 0.2) is 0 Å². The van der Waals surface area contributed by atoms with Crippen molar-refractivity contribution in [2.75, 3.05) is 0 Å². The summed E-state index contributed by atoms with van der Waals surface area (Å²) in [5.41, 5.74) is 2.60. The maximum absolute atomic E-state index is 3.36. The lowest BCUT2D eigenvalue weighted by Gasteiger charge is -1.72. The maximum atomic E-state index is 3.36. The highest BCUT2D eigenvalue weighted by atomic mass is 79.9. The molecule has 0 atom stereocenters. The predicted octanol–water partition coefficient (Wildman–Crippen LogP) is 2.14. The average molecular weight is 210 g/mol. The molecule has 0 unspecified atom stereocenters. The zero-order chi connectivity index (χ0) is 4.99. The van der Waals surface area contributed by atoms with Gasteiger partial charge in [0.1, 0.15) is 0 Å². The van der Waals surface area contributed by atoms with Crippen LogP contribution in [0.25, 0.3) is 0 Å². The summed E-state index contributed by atoms with van der Waals surface area (Å²) in [6.45, 7) is 3.36. The van der Waals surface area contributed by atoms with Crippen molar-refractivity contribution in [3.63, 3.8) is 0 Å². The molecule has 6 heavy (non-hydrogen) atoms. The second kappa shape index (κ2) is 3.73. The first-order valence-electron chi connectivity index (χ1n) is 1.41. The number of hydrogen-bond donors (Lipinski definition) is 0. The van der Waals surface area contributed by atoms with E-state index in [1.165, 1.54) is 0 Å². The second-order valence-corrected chi connectivity index (χ2v) is 3.91. The van der Waals surface area contributed by atoms with Gasteiger partial charge in [-0.05, 0) is 5.98 Å². The molecular weight excluding hydrogens is 207 g/mol. The third kappa shape index (κ3) is 4.54. The molecule has 0 aliphatic rings. The minimum Gasteiger partial charge on any atom is -0.141 e. The van der Waals surface area contributed by atoms with Crippen molar-refractivity contribution >= 4 is 35.9 Å². The van der Waals surface area contributed by atoms with Gasteiger partial charge in [-0.3, -0.25) is 0 Å². The Morgan fingerprint density at radius 2 is 2.17 bits per heavy atom. The van der Waals surface area contributed by atoms with Gasteiger partial charge in [-0.15, -0.1) is 37.2 Å². The van der Waals surface area contributed by atoms with Crippen molar-refractivity contribution < 1.29 is 0 Å². The van der Waals surface area contributed by atoms with Crippen LogP contribution in [0.4, 0.5) is 0 Å². The molecule has 0 aromatic heterocycles.